The van der Waals surface area contributed by atoms with E-state index in [1.165, 1.54) is 4.88 Å². The van der Waals surface area contributed by atoms with Gasteiger partial charge in [-0.15, -0.1) is 11.3 Å². The molecule has 70 valence electrons. The Morgan fingerprint density at radius 2 is 2.46 bits per heavy atom. The second-order valence-corrected chi connectivity index (χ2v) is 4.50. The minimum Gasteiger partial charge on any atom is -0.250 e. The molecule has 0 atom stereocenters. The van der Waals surface area contributed by atoms with Crippen LogP contribution in [0.1, 0.15) is 18.7 Å². The number of aliphatic imine (C=N–C) groups is 1. The number of rotatable bonds is 2. The molecule has 1 aromatic rings. The lowest BCUT2D eigenvalue weighted by Gasteiger charge is -2.09. The number of amidine groups is 1. The van der Waals surface area contributed by atoms with Crippen LogP contribution in [-0.2, 0) is 11.3 Å². The quantitative estimate of drug-likeness (QED) is 0.784. The molecule has 1 aromatic heterocycles. The fourth-order valence-corrected chi connectivity index (χ4v) is 1.92. The van der Waals surface area contributed by atoms with E-state index in [0.29, 0.717) is 0 Å². The van der Waals surface area contributed by atoms with Gasteiger partial charge in [-0.3, -0.25) is 5.48 Å². The van der Waals surface area contributed by atoms with Crippen molar-refractivity contribution >= 4 is 17.2 Å². The van der Waals surface area contributed by atoms with E-state index in [1.54, 1.807) is 11.3 Å². The molecular formula is C9H12N2OS. The van der Waals surface area contributed by atoms with E-state index in [9.17, 15) is 0 Å². The summed E-state index contributed by atoms with van der Waals surface area (Å²) in [6.45, 7) is 3.86. The fourth-order valence-electron chi connectivity index (χ4n) is 1.21. The van der Waals surface area contributed by atoms with E-state index in [-0.39, 0.29) is 0 Å². The number of hydroxylamine groups is 1. The summed E-state index contributed by atoms with van der Waals surface area (Å²) in [6, 6.07) is 4.14. The van der Waals surface area contributed by atoms with Gasteiger partial charge in [0.15, 0.2) is 5.72 Å². The molecule has 0 saturated carbocycles. The maximum absolute atomic E-state index is 5.25. The Balaban J connectivity index is 2.05. The van der Waals surface area contributed by atoms with Crippen molar-refractivity contribution in [2.45, 2.75) is 26.0 Å². The predicted octanol–water partition coefficient (Wildman–Crippen LogP) is 1.96. The molecule has 0 aromatic carbocycles. The first kappa shape index (κ1) is 8.72. The van der Waals surface area contributed by atoms with Crippen LogP contribution in [0.2, 0.25) is 0 Å². The maximum Gasteiger partial charge on any atom is 0.181 e. The van der Waals surface area contributed by atoms with Gasteiger partial charge >= 0.3 is 0 Å². The van der Waals surface area contributed by atoms with Gasteiger partial charge in [-0.2, -0.15) is 0 Å². The molecule has 0 amide bonds. The van der Waals surface area contributed by atoms with E-state index < -0.39 is 5.72 Å². The molecule has 4 heteroatoms. The lowest BCUT2D eigenvalue weighted by molar-refractivity contribution is -0.0273. The smallest absolute Gasteiger partial charge is 0.181 e. The van der Waals surface area contributed by atoms with Gasteiger partial charge in [0.1, 0.15) is 5.84 Å². The molecule has 0 bridgehead atoms. The zero-order valence-corrected chi connectivity index (χ0v) is 8.52. The first-order chi connectivity index (χ1) is 6.16. The first-order valence-corrected chi connectivity index (χ1v) is 5.09. The molecule has 0 aliphatic carbocycles. The SMILES string of the molecule is CC1(C)N=C(Cc2cccs2)NO1. The fraction of sp³-hybridized carbons (Fsp3) is 0.444. The van der Waals surface area contributed by atoms with Crippen molar-refractivity contribution in [3.8, 4) is 0 Å². The van der Waals surface area contributed by atoms with Gasteiger partial charge < -0.3 is 0 Å². The van der Waals surface area contributed by atoms with Crippen LogP contribution >= 0.6 is 11.3 Å². The summed E-state index contributed by atoms with van der Waals surface area (Å²) in [5.74, 6) is 0.910. The number of hydrogen-bond acceptors (Lipinski definition) is 4. The normalized spacial score (nSPS) is 19.7. The van der Waals surface area contributed by atoms with Crippen molar-refractivity contribution in [1.29, 1.82) is 0 Å². The summed E-state index contributed by atoms with van der Waals surface area (Å²) in [7, 11) is 0. The Labute approximate surface area is 81.4 Å². The molecule has 1 N–H and O–H groups in total. The summed E-state index contributed by atoms with van der Waals surface area (Å²) < 4.78 is 0. The van der Waals surface area contributed by atoms with E-state index in [0.717, 1.165) is 12.3 Å². The molecule has 3 nitrogen and oxygen atoms in total. The molecule has 1 aliphatic rings. The molecule has 0 saturated heterocycles. The van der Waals surface area contributed by atoms with Crippen LogP contribution in [-0.4, -0.2) is 11.6 Å². The van der Waals surface area contributed by atoms with Gasteiger partial charge in [0.2, 0.25) is 0 Å². The topological polar surface area (TPSA) is 33.6 Å². The number of nitrogens with zero attached hydrogens (tertiary/aromatic N) is 1. The van der Waals surface area contributed by atoms with Gasteiger partial charge in [0.05, 0.1) is 0 Å². The minimum atomic E-state index is -0.410. The van der Waals surface area contributed by atoms with Gasteiger partial charge in [0.25, 0.3) is 0 Å². The van der Waals surface area contributed by atoms with Crippen LogP contribution in [0, 0.1) is 0 Å². The Bertz CT molecular complexity index is 316. The van der Waals surface area contributed by atoms with Crippen LogP contribution < -0.4 is 5.48 Å². The summed E-state index contributed by atoms with van der Waals surface area (Å²) in [5.41, 5.74) is 2.43. The maximum atomic E-state index is 5.25. The van der Waals surface area contributed by atoms with Crippen molar-refractivity contribution in [2.24, 2.45) is 4.99 Å². The summed E-state index contributed by atoms with van der Waals surface area (Å²) in [5, 5.41) is 2.07. The molecule has 0 radical (unpaired) electrons. The number of nitrogens with one attached hydrogen (secondary N) is 1. The predicted molar refractivity (Wildman–Crippen MR) is 53.8 cm³/mol. The molecule has 1 aliphatic heterocycles. The average Bonchev–Trinajstić information content (AvgIpc) is 2.61. The zero-order chi connectivity index (χ0) is 9.31. The van der Waals surface area contributed by atoms with Crippen molar-refractivity contribution in [3.05, 3.63) is 22.4 Å². The first-order valence-electron chi connectivity index (χ1n) is 4.21. The second-order valence-electron chi connectivity index (χ2n) is 3.47. The molecule has 2 heterocycles. The highest BCUT2D eigenvalue weighted by Gasteiger charge is 2.25. The third kappa shape index (κ3) is 2.08. The average molecular weight is 196 g/mol. The number of hydrogen-bond donors (Lipinski definition) is 1. The molecular weight excluding hydrogens is 184 g/mol. The lowest BCUT2D eigenvalue weighted by Crippen LogP contribution is -2.23. The Morgan fingerprint density at radius 1 is 1.62 bits per heavy atom. The van der Waals surface area contributed by atoms with Crippen molar-refractivity contribution in [1.82, 2.24) is 5.48 Å². The highest BCUT2D eigenvalue weighted by Crippen LogP contribution is 2.17. The van der Waals surface area contributed by atoms with Crippen LogP contribution in [0.3, 0.4) is 0 Å². The summed E-state index contributed by atoms with van der Waals surface area (Å²) in [6.07, 6.45) is 0.834. The molecule has 0 fully saturated rings. The van der Waals surface area contributed by atoms with Crippen molar-refractivity contribution in [3.63, 3.8) is 0 Å². The Morgan fingerprint density at radius 3 is 3.00 bits per heavy atom. The molecule has 13 heavy (non-hydrogen) atoms. The van der Waals surface area contributed by atoms with Crippen molar-refractivity contribution < 1.29 is 4.84 Å². The largest absolute Gasteiger partial charge is 0.250 e. The van der Waals surface area contributed by atoms with Crippen LogP contribution in [0.5, 0.6) is 0 Å². The molecule has 2 rings (SSSR count). The highest BCUT2D eigenvalue weighted by atomic mass is 32.1. The Kier molecular flexibility index (Phi) is 2.09. The van der Waals surface area contributed by atoms with E-state index >= 15 is 0 Å². The third-order valence-corrected chi connectivity index (χ3v) is 2.62. The minimum absolute atomic E-state index is 0.410. The second kappa shape index (κ2) is 3.12. The van der Waals surface area contributed by atoms with Crippen LogP contribution in [0.25, 0.3) is 0 Å². The molecule has 0 spiro atoms. The van der Waals surface area contributed by atoms with Gasteiger partial charge in [-0.1, -0.05) is 6.07 Å². The Hall–Kier alpha value is -0.870. The van der Waals surface area contributed by atoms with Crippen molar-refractivity contribution in [2.75, 3.05) is 0 Å². The standard InChI is InChI=1S/C9H12N2OS/c1-9(2)10-8(11-12-9)6-7-4-3-5-13-7/h3-5H,6H2,1-2H3,(H,10,11). The monoisotopic (exact) mass is 196 g/mol. The molecule has 0 unspecified atom stereocenters. The van der Waals surface area contributed by atoms with Gasteiger partial charge in [-0.05, 0) is 25.3 Å². The third-order valence-electron chi connectivity index (χ3n) is 1.74. The van der Waals surface area contributed by atoms with Crippen LogP contribution in [0.15, 0.2) is 22.5 Å². The summed E-state index contributed by atoms with van der Waals surface area (Å²) >= 11 is 1.73. The lowest BCUT2D eigenvalue weighted by atomic mass is 10.3. The zero-order valence-electron chi connectivity index (χ0n) is 7.70. The highest BCUT2D eigenvalue weighted by molar-refractivity contribution is 7.10. The van der Waals surface area contributed by atoms with E-state index in [2.05, 4.69) is 21.9 Å². The van der Waals surface area contributed by atoms with Gasteiger partial charge in [0, 0.05) is 11.3 Å². The van der Waals surface area contributed by atoms with E-state index in [4.69, 9.17) is 4.84 Å². The van der Waals surface area contributed by atoms with E-state index in [1.807, 2.05) is 19.9 Å². The number of thiophene rings is 1. The van der Waals surface area contributed by atoms with Gasteiger partial charge in [-0.25, -0.2) is 9.83 Å². The summed E-state index contributed by atoms with van der Waals surface area (Å²) in [4.78, 5) is 10.9. The van der Waals surface area contributed by atoms with Crippen LogP contribution in [0.4, 0.5) is 0 Å².